The Morgan fingerprint density at radius 1 is 1.39 bits per heavy atom. The maximum atomic E-state index is 10.8. The van der Waals surface area contributed by atoms with Crippen molar-refractivity contribution >= 4 is 17.4 Å². The summed E-state index contributed by atoms with van der Waals surface area (Å²) in [6.45, 7) is 7.31. The molecule has 1 rings (SSSR count). The van der Waals surface area contributed by atoms with Crippen molar-refractivity contribution in [3.05, 3.63) is 10.0 Å². The number of carbonyl (C=O) groups is 1. The Bertz CT molecular complexity index is 429. The van der Waals surface area contributed by atoms with Gasteiger partial charge in [-0.3, -0.25) is 0 Å². The molecular formula is C11H19N3O3S. The van der Waals surface area contributed by atoms with Crippen LogP contribution in [0.4, 0.5) is 4.79 Å². The monoisotopic (exact) mass is 273 g/mol. The Balaban J connectivity index is 2.78. The van der Waals surface area contributed by atoms with Crippen LogP contribution in [0.25, 0.3) is 0 Å². The molecular weight excluding hydrogens is 254 g/mol. The fourth-order valence-electron chi connectivity index (χ4n) is 1.34. The minimum atomic E-state index is -0.805. The molecule has 0 unspecified atom stereocenters. The van der Waals surface area contributed by atoms with E-state index in [9.17, 15) is 9.90 Å². The number of nitrogens with zero attached hydrogens (tertiary/aromatic N) is 2. The number of aliphatic hydroxyl groups excluding tert-OH is 1. The second kappa shape index (κ2) is 5.19. The van der Waals surface area contributed by atoms with Gasteiger partial charge >= 0.3 is 6.09 Å². The molecule has 102 valence electrons. The van der Waals surface area contributed by atoms with E-state index in [0.717, 1.165) is 10.0 Å². The van der Waals surface area contributed by atoms with Crippen LogP contribution in [0.2, 0.25) is 0 Å². The van der Waals surface area contributed by atoms with E-state index in [4.69, 9.17) is 10.5 Å². The highest BCUT2D eigenvalue weighted by Gasteiger charge is 2.28. The molecule has 0 radical (unpaired) electrons. The molecule has 1 aromatic rings. The average molecular weight is 273 g/mol. The quantitative estimate of drug-likeness (QED) is 0.840. The van der Waals surface area contributed by atoms with E-state index >= 15 is 0 Å². The zero-order valence-electron chi connectivity index (χ0n) is 11.1. The van der Waals surface area contributed by atoms with E-state index in [0.29, 0.717) is 6.42 Å². The topological polar surface area (TPSA) is 98.3 Å². The van der Waals surface area contributed by atoms with Gasteiger partial charge in [0.1, 0.15) is 15.6 Å². The first-order valence-electron chi connectivity index (χ1n) is 5.58. The lowest BCUT2D eigenvalue weighted by atomic mass is 9.96. The average Bonchev–Trinajstić information content (AvgIpc) is 2.63. The van der Waals surface area contributed by atoms with Crippen LogP contribution in [0.1, 0.15) is 37.7 Å². The highest BCUT2D eigenvalue weighted by Crippen LogP contribution is 2.28. The summed E-state index contributed by atoms with van der Waals surface area (Å²) in [5, 5.41) is 18.9. The van der Waals surface area contributed by atoms with Crippen LogP contribution in [0, 0.1) is 0 Å². The number of carbonyl (C=O) groups excluding carboxylic acids is 1. The van der Waals surface area contributed by atoms with Gasteiger partial charge in [-0.05, 0) is 13.8 Å². The zero-order valence-corrected chi connectivity index (χ0v) is 11.9. The molecule has 0 aliphatic heterocycles. The van der Waals surface area contributed by atoms with E-state index in [1.165, 1.54) is 11.3 Å². The van der Waals surface area contributed by atoms with Crippen molar-refractivity contribution in [2.45, 2.75) is 45.1 Å². The number of amides is 1. The second-order valence-electron chi connectivity index (χ2n) is 5.40. The molecule has 0 bridgehead atoms. The molecule has 0 spiro atoms. The van der Waals surface area contributed by atoms with Crippen LogP contribution in [0.5, 0.6) is 0 Å². The third-order valence-corrected chi connectivity index (χ3v) is 3.68. The number of aliphatic hydroxyl groups is 1. The van der Waals surface area contributed by atoms with Gasteiger partial charge in [0.25, 0.3) is 0 Å². The van der Waals surface area contributed by atoms with Crippen molar-refractivity contribution < 1.29 is 14.6 Å². The van der Waals surface area contributed by atoms with Gasteiger partial charge in [-0.2, -0.15) is 0 Å². The summed E-state index contributed by atoms with van der Waals surface area (Å²) in [6.07, 6.45) is -0.366. The number of hydrogen-bond acceptors (Lipinski definition) is 6. The third-order valence-electron chi connectivity index (χ3n) is 2.39. The minimum absolute atomic E-state index is 0.00279. The molecule has 0 aliphatic carbocycles. The van der Waals surface area contributed by atoms with Crippen molar-refractivity contribution in [3.63, 3.8) is 0 Å². The van der Waals surface area contributed by atoms with Gasteiger partial charge in [0, 0.05) is 11.8 Å². The smallest absolute Gasteiger partial charge is 0.405 e. The summed E-state index contributed by atoms with van der Waals surface area (Å²) in [7, 11) is 0. The van der Waals surface area contributed by atoms with Gasteiger partial charge in [0.05, 0.1) is 6.61 Å². The number of rotatable bonds is 5. The minimum Gasteiger partial charge on any atom is -0.443 e. The lowest BCUT2D eigenvalue weighted by molar-refractivity contribution is 0.0459. The molecule has 0 saturated heterocycles. The van der Waals surface area contributed by atoms with Gasteiger partial charge in [0.15, 0.2) is 0 Å². The SMILES string of the molecule is CC(C)(Cc1nnc(C(C)(C)CO)s1)OC(N)=O. The van der Waals surface area contributed by atoms with Crippen molar-refractivity contribution in [3.8, 4) is 0 Å². The predicted molar refractivity (Wildman–Crippen MR) is 68.5 cm³/mol. The Morgan fingerprint density at radius 3 is 2.50 bits per heavy atom. The molecule has 7 heteroatoms. The number of primary amides is 1. The van der Waals surface area contributed by atoms with Crippen molar-refractivity contribution in [1.82, 2.24) is 10.2 Å². The largest absolute Gasteiger partial charge is 0.443 e. The van der Waals surface area contributed by atoms with Crippen molar-refractivity contribution in [2.75, 3.05) is 6.61 Å². The molecule has 0 aliphatic rings. The predicted octanol–water partition coefficient (Wildman–Crippen LogP) is 1.22. The van der Waals surface area contributed by atoms with Crippen molar-refractivity contribution in [1.29, 1.82) is 0 Å². The molecule has 0 saturated carbocycles. The summed E-state index contributed by atoms with van der Waals surface area (Å²) < 4.78 is 4.99. The maximum absolute atomic E-state index is 10.8. The fourth-order valence-corrected chi connectivity index (χ4v) is 2.49. The molecule has 0 aromatic carbocycles. The standard InChI is InChI=1S/C11H19N3O3S/c1-10(2,6-15)8-14-13-7(18-8)5-11(3,4)17-9(12)16/h15H,5-6H2,1-4H3,(H2,12,16). The summed E-state index contributed by atoms with van der Waals surface area (Å²) >= 11 is 1.40. The number of nitrogens with two attached hydrogens (primary N) is 1. The van der Waals surface area contributed by atoms with E-state index in [-0.39, 0.29) is 6.61 Å². The van der Waals surface area contributed by atoms with Crippen LogP contribution in [0.3, 0.4) is 0 Å². The Morgan fingerprint density at radius 2 is 2.00 bits per heavy atom. The van der Waals surface area contributed by atoms with E-state index in [1.54, 1.807) is 13.8 Å². The number of ether oxygens (including phenoxy) is 1. The van der Waals surface area contributed by atoms with Crippen LogP contribution in [-0.4, -0.2) is 33.6 Å². The van der Waals surface area contributed by atoms with E-state index in [2.05, 4.69) is 10.2 Å². The summed E-state index contributed by atoms with van der Waals surface area (Å²) in [6, 6.07) is 0. The van der Waals surface area contributed by atoms with Gasteiger partial charge in [-0.1, -0.05) is 13.8 Å². The molecule has 1 amide bonds. The maximum Gasteiger partial charge on any atom is 0.405 e. The highest BCUT2D eigenvalue weighted by atomic mass is 32.1. The zero-order chi connectivity index (χ0) is 14.0. The molecule has 1 heterocycles. The molecule has 6 nitrogen and oxygen atoms in total. The van der Waals surface area contributed by atoms with Crippen LogP contribution in [-0.2, 0) is 16.6 Å². The van der Waals surface area contributed by atoms with Gasteiger partial charge in [-0.25, -0.2) is 4.79 Å². The van der Waals surface area contributed by atoms with Crippen LogP contribution >= 0.6 is 11.3 Å². The molecule has 0 atom stereocenters. The molecule has 1 aromatic heterocycles. The molecule has 0 fully saturated rings. The van der Waals surface area contributed by atoms with E-state index < -0.39 is 17.1 Å². The van der Waals surface area contributed by atoms with Gasteiger partial charge in [-0.15, -0.1) is 21.5 Å². The number of aromatic nitrogens is 2. The molecule has 18 heavy (non-hydrogen) atoms. The summed E-state index contributed by atoms with van der Waals surface area (Å²) in [4.78, 5) is 10.8. The van der Waals surface area contributed by atoms with Crippen LogP contribution in [0.15, 0.2) is 0 Å². The molecule has 3 N–H and O–H groups in total. The first-order valence-corrected chi connectivity index (χ1v) is 6.40. The lowest BCUT2D eigenvalue weighted by Crippen LogP contribution is -2.33. The summed E-state index contributed by atoms with van der Waals surface area (Å²) in [5.74, 6) is 0. The lowest BCUT2D eigenvalue weighted by Gasteiger charge is -2.22. The first kappa shape index (κ1) is 14.8. The third kappa shape index (κ3) is 3.92. The van der Waals surface area contributed by atoms with E-state index in [1.807, 2.05) is 13.8 Å². The van der Waals surface area contributed by atoms with Crippen LogP contribution < -0.4 is 5.73 Å². The Kier molecular flexibility index (Phi) is 4.28. The Hall–Kier alpha value is -1.21. The number of hydrogen-bond donors (Lipinski definition) is 2. The normalized spacial score (nSPS) is 12.5. The van der Waals surface area contributed by atoms with Gasteiger partial charge < -0.3 is 15.6 Å². The first-order chi connectivity index (χ1) is 8.16. The van der Waals surface area contributed by atoms with Gasteiger partial charge in [0.2, 0.25) is 0 Å². The summed E-state index contributed by atoms with van der Waals surface area (Å²) in [5.41, 5.74) is 3.87. The fraction of sp³-hybridized carbons (Fsp3) is 0.727. The highest BCUT2D eigenvalue weighted by molar-refractivity contribution is 7.11. The second-order valence-corrected chi connectivity index (χ2v) is 6.46. The Labute approximate surface area is 110 Å². The van der Waals surface area contributed by atoms with Crippen molar-refractivity contribution in [2.24, 2.45) is 5.73 Å².